The molecule has 0 spiro atoms. The molecule has 2 aliphatic heterocycles. The summed E-state index contributed by atoms with van der Waals surface area (Å²) in [5.74, 6) is 0.948. The molecule has 3 nitrogen and oxygen atoms in total. The van der Waals surface area contributed by atoms with Gasteiger partial charge in [0, 0.05) is 6.04 Å². The van der Waals surface area contributed by atoms with E-state index in [4.69, 9.17) is 4.74 Å². The molecule has 1 aliphatic carbocycles. The third-order valence-corrected chi connectivity index (χ3v) is 5.92. The smallest absolute Gasteiger partial charge is 0.411 e. The van der Waals surface area contributed by atoms with Crippen molar-refractivity contribution in [2.75, 3.05) is 0 Å². The standard InChI is InChI=1S/C21H35NO2/c1-21(2,3)24-20(23)22-18-10-7-11-19(22)15-17(14-18)13-12-16-8-5-4-6-9-16/h14,16,18-19H,4-13,15H2,1-3H3. The Balaban J connectivity index is 1.60. The molecule has 136 valence electrons. The lowest BCUT2D eigenvalue weighted by Gasteiger charge is -2.45. The molecule has 0 N–H and O–H groups in total. The maximum Gasteiger partial charge on any atom is 0.411 e. The highest BCUT2D eigenvalue weighted by Gasteiger charge is 2.39. The summed E-state index contributed by atoms with van der Waals surface area (Å²) in [6.45, 7) is 5.86. The van der Waals surface area contributed by atoms with Crippen LogP contribution in [0.2, 0.25) is 0 Å². The Bertz CT molecular complexity index is 471. The summed E-state index contributed by atoms with van der Waals surface area (Å²) in [5, 5.41) is 0. The number of fused-ring (bicyclic) bond motifs is 2. The highest BCUT2D eigenvalue weighted by Crippen LogP contribution is 2.37. The van der Waals surface area contributed by atoms with Crippen LogP contribution >= 0.6 is 0 Å². The summed E-state index contributed by atoms with van der Waals surface area (Å²) < 4.78 is 5.66. The van der Waals surface area contributed by atoms with E-state index >= 15 is 0 Å². The topological polar surface area (TPSA) is 29.5 Å². The highest BCUT2D eigenvalue weighted by molar-refractivity contribution is 5.70. The van der Waals surface area contributed by atoms with Gasteiger partial charge in [0.15, 0.2) is 0 Å². The van der Waals surface area contributed by atoms with Gasteiger partial charge in [-0.15, -0.1) is 0 Å². The summed E-state index contributed by atoms with van der Waals surface area (Å²) in [6.07, 6.45) is 16.6. The first-order chi connectivity index (χ1) is 11.4. The molecule has 0 radical (unpaired) electrons. The molecular weight excluding hydrogens is 298 g/mol. The van der Waals surface area contributed by atoms with Crippen LogP contribution in [0, 0.1) is 5.92 Å². The van der Waals surface area contributed by atoms with Gasteiger partial charge in [-0.3, -0.25) is 4.90 Å². The van der Waals surface area contributed by atoms with E-state index in [1.54, 1.807) is 5.57 Å². The van der Waals surface area contributed by atoms with Crippen molar-refractivity contribution in [3.63, 3.8) is 0 Å². The fourth-order valence-corrected chi connectivity index (χ4v) is 4.77. The number of hydrogen-bond donors (Lipinski definition) is 0. The van der Waals surface area contributed by atoms with Gasteiger partial charge in [-0.1, -0.05) is 43.8 Å². The molecule has 3 heteroatoms. The zero-order valence-corrected chi connectivity index (χ0v) is 15.9. The van der Waals surface area contributed by atoms with Gasteiger partial charge in [-0.2, -0.15) is 0 Å². The van der Waals surface area contributed by atoms with Gasteiger partial charge in [0.05, 0.1) is 6.04 Å². The molecule has 2 heterocycles. The number of amides is 1. The average molecular weight is 334 g/mol. The van der Waals surface area contributed by atoms with Crippen molar-refractivity contribution in [2.24, 2.45) is 5.92 Å². The molecule has 1 saturated heterocycles. The minimum Gasteiger partial charge on any atom is -0.444 e. The van der Waals surface area contributed by atoms with Gasteiger partial charge in [0.25, 0.3) is 0 Å². The molecular formula is C21H35NO2. The Morgan fingerprint density at radius 2 is 1.88 bits per heavy atom. The largest absolute Gasteiger partial charge is 0.444 e. The van der Waals surface area contributed by atoms with Crippen LogP contribution in [0.3, 0.4) is 0 Å². The summed E-state index contributed by atoms with van der Waals surface area (Å²) >= 11 is 0. The number of nitrogens with zero attached hydrogens (tertiary/aromatic N) is 1. The molecule has 24 heavy (non-hydrogen) atoms. The van der Waals surface area contributed by atoms with Gasteiger partial charge in [-0.05, 0) is 65.2 Å². The van der Waals surface area contributed by atoms with Crippen molar-refractivity contribution in [3.8, 4) is 0 Å². The molecule has 2 bridgehead atoms. The zero-order valence-electron chi connectivity index (χ0n) is 15.9. The maximum atomic E-state index is 12.6. The number of carbonyl (C=O) groups is 1. The molecule has 3 rings (SSSR count). The summed E-state index contributed by atoms with van der Waals surface area (Å²) in [6, 6.07) is 0.638. The first-order valence-corrected chi connectivity index (χ1v) is 10.1. The molecule has 2 atom stereocenters. The van der Waals surface area contributed by atoms with E-state index in [9.17, 15) is 4.79 Å². The van der Waals surface area contributed by atoms with Crippen LogP contribution < -0.4 is 0 Å². The Morgan fingerprint density at radius 1 is 1.12 bits per heavy atom. The molecule has 1 amide bonds. The van der Waals surface area contributed by atoms with Gasteiger partial charge < -0.3 is 4.74 Å². The predicted octanol–water partition coefficient (Wildman–Crippen LogP) is 5.84. The number of ether oxygens (including phenoxy) is 1. The first kappa shape index (κ1) is 17.8. The Morgan fingerprint density at radius 3 is 2.54 bits per heavy atom. The fourth-order valence-electron chi connectivity index (χ4n) is 4.77. The van der Waals surface area contributed by atoms with Crippen LogP contribution in [0.15, 0.2) is 11.6 Å². The Kier molecular flexibility index (Phi) is 5.56. The molecule has 0 aromatic heterocycles. The molecule has 0 aromatic carbocycles. The van der Waals surface area contributed by atoms with E-state index in [1.165, 1.54) is 51.4 Å². The second-order valence-electron chi connectivity index (χ2n) is 9.11. The molecule has 2 unspecified atom stereocenters. The lowest BCUT2D eigenvalue weighted by molar-refractivity contribution is -0.00163. The average Bonchev–Trinajstić information content (AvgIpc) is 2.51. The highest BCUT2D eigenvalue weighted by atomic mass is 16.6. The van der Waals surface area contributed by atoms with Crippen LogP contribution in [0.25, 0.3) is 0 Å². The molecule has 0 aromatic rings. The van der Waals surface area contributed by atoms with Crippen molar-refractivity contribution in [1.82, 2.24) is 4.90 Å². The second kappa shape index (κ2) is 7.49. The molecule has 3 aliphatic rings. The van der Waals surface area contributed by atoms with E-state index in [1.807, 2.05) is 25.7 Å². The number of rotatable bonds is 3. The van der Waals surface area contributed by atoms with E-state index in [0.29, 0.717) is 6.04 Å². The lowest BCUT2D eigenvalue weighted by Crippen LogP contribution is -2.53. The minimum absolute atomic E-state index is 0.111. The SMILES string of the molecule is CC(C)(C)OC(=O)N1C2C=C(CCC3CCCCC3)CC1CCC2. The van der Waals surface area contributed by atoms with Gasteiger partial charge in [-0.25, -0.2) is 4.79 Å². The quantitative estimate of drug-likeness (QED) is 0.608. The zero-order chi connectivity index (χ0) is 17.2. The summed E-state index contributed by atoms with van der Waals surface area (Å²) in [4.78, 5) is 14.7. The van der Waals surface area contributed by atoms with E-state index in [0.717, 1.165) is 25.2 Å². The van der Waals surface area contributed by atoms with Crippen molar-refractivity contribution in [2.45, 2.75) is 109 Å². The maximum absolute atomic E-state index is 12.6. The predicted molar refractivity (Wildman–Crippen MR) is 98.0 cm³/mol. The first-order valence-electron chi connectivity index (χ1n) is 10.1. The van der Waals surface area contributed by atoms with Gasteiger partial charge >= 0.3 is 6.09 Å². The Hall–Kier alpha value is -0.990. The van der Waals surface area contributed by atoms with Gasteiger partial charge in [0.1, 0.15) is 5.60 Å². The van der Waals surface area contributed by atoms with Crippen molar-refractivity contribution in [3.05, 3.63) is 11.6 Å². The van der Waals surface area contributed by atoms with Crippen LogP contribution in [0.1, 0.15) is 91.4 Å². The third-order valence-electron chi connectivity index (χ3n) is 5.92. The van der Waals surface area contributed by atoms with E-state index in [2.05, 4.69) is 6.08 Å². The number of hydrogen-bond acceptors (Lipinski definition) is 2. The van der Waals surface area contributed by atoms with Crippen molar-refractivity contribution >= 4 is 6.09 Å². The normalized spacial score (nSPS) is 28.5. The van der Waals surface area contributed by atoms with Crippen LogP contribution in [-0.2, 0) is 4.74 Å². The lowest BCUT2D eigenvalue weighted by atomic mass is 9.81. The van der Waals surface area contributed by atoms with Crippen LogP contribution in [0.5, 0.6) is 0 Å². The fraction of sp³-hybridized carbons (Fsp3) is 0.857. The number of piperidine rings is 1. The van der Waals surface area contributed by atoms with Crippen LogP contribution in [-0.4, -0.2) is 28.7 Å². The van der Waals surface area contributed by atoms with E-state index < -0.39 is 5.60 Å². The monoisotopic (exact) mass is 333 g/mol. The molecule has 1 saturated carbocycles. The Labute approximate surface area is 147 Å². The minimum atomic E-state index is -0.406. The van der Waals surface area contributed by atoms with Crippen molar-refractivity contribution in [1.29, 1.82) is 0 Å². The van der Waals surface area contributed by atoms with Crippen molar-refractivity contribution < 1.29 is 9.53 Å². The second-order valence-corrected chi connectivity index (χ2v) is 9.11. The van der Waals surface area contributed by atoms with Crippen LogP contribution in [0.4, 0.5) is 4.79 Å². The summed E-state index contributed by atoms with van der Waals surface area (Å²) in [5.41, 5.74) is 1.20. The summed E-state index contributed by atoms with van der Waals surface area (Å²) in [7, 11) is 0. The van der Waals surface area contributed by atoms with E-state index in [-0.39, 0.29) is 12.1 Å². The van der Waals surface area contributed by atoms with Gasteiger partial charge in [0.2, 0.25) is 0 Å². The number of carbonyl (C=O) groups excluding carboxylic acids is 1. The molecule has 2 fully saturated rings. The third kappa shape index (κ3) is 4.55.